The normalized spacial score (nSPS) is 21.6. The van der Waals surface area contributed by atoms with E-state index in [2.05, 4.69) is 5.32 Å². The van der Waals surface area contributed by atoms with Crippen molar-refractivity contribution >= 4 is 22.6 Å². The van der Waals surface area contributed by atoms with Gasteiger partial charge in [0.25, 0.3) is 0 Å². The van der Waals surface area contributed by atoms with Crippen LogP contribution in [-0.4, -0.2) is 17.5 Å². The lowest BCUT2D eigenvalue weighted by Crippen LogP contribution is -2.35. The second kappa shape index (κ2) is 5.76. The summed E-state index contributed by atoms with van der Waals surface area (Å²) < 4.78 is 13.5. The molecule has 0 unspecified atom stereocenters. The Morgan fingerprint density at radius 2 is 2.05 bits per heavy atom. The largest absolute Gasteiger partial charge is 0.335 e. The van der Waals surface area contributed by atoms with Crippen LogP contribution in [0, 0.1) is 18.2 Å². The number of nitrogens with one attached hydrogen (secondary N) is 1. The summed E-state index contributed by atoms with van der Waals surface area (Å²) in [7, 11) is 0. The number of anilines is 1. The zero-order chi connectivity index (χ0) is 14.0. The summed E-state index contributed by atoms with van der Waals surface area (Å²) in [6, 6.07) is 5.25. The van der Waals surface area contributed by atoms with E-state index in [-0.39, 0.29) is 5.82 Å². The fourth-order valence-electron chi connectivity index (χ4n) is 3.03. The molecule has 0 radical (unpaired) electrons. The van der Waals surface area contributed by atoms with Crippen molar-refractivity contribution in [1.82, 2.24) is 0 Å². The van der Waals surface area contributed by atoms with Gasteiger partial charge in [-0.2, -0.15) is 0 Å². The van der Waals surface area contributed by atoms with E-state index in [4.69, 9.17) is 4.99 Å². The second-order valence-electron chi connectivity index (χ2n) is 6.06. The zero-order valence-electron chi connectivity index (χ0n) is 11.9. The fourth-order valence-corrected chi connectivity index (χ4v) is 4.19. The summed E-state index contributed by atoms with van der Waals surface area (Å²) >= 11 is 1.79. The van der Waals surface area contributed by atoms with Crippen LogP contribution >= 0.6 is 11.8 Å². The third-order valence-corrected chi connectivity index (χ3v) is 5.67. The first-order valence-corrected chi connectivity index (χ1v) is 8.36. The number of nitrogens with zero attached hydrogens (tertiary/aromatic N) is 1. The van der Waals surface area contributed by atoms with E-state index in [1.807, 2.05) is 6.07 Å². The Labute approximate surface area is 124 Å². The molecule has 0 aromatic heterocycles. The van der Waals surface area contributed by atoms with Crippen LogP contribution < -0.4 is 5.32 Å². The number of benzene rings is 1. The van der Waals surface area contributed by atoms with Gasteiger partial charge in [-0.15, -0.1) is 0 Å². The lowest BCUT2D eigenvalue weighted by atomic mass is 9.75. The first-order chi connectivity index (χ1) is 9.67. The van der Waals surface area contributed by atoms with E-state index >= 15 is 0 Å². The number of halogens is 1. The van der Waals surface area contributed by atoms with Gasteiger partial charge < -0.3 is 5.32 Å². The molecule has 20 heavy (non-hydrogen) atoms. The van der Waals surface area contributed by atoms with E-state index in [0.717, 1.165) is 23.2 Å². The van der Waals surface area contributed by atoms with Gasteiger partial charge in [0, 0.05) is 18.0 Å². The standard InChI is InChI=1S/C16H21FN2S/c1-12-5-6-13(9-14(12)17)19-15-18-10-16(11-20-15)7-3-2-4-8-16/h5-6,9H,2-4,7-8,10-11H2,1H3,(H,18,19). The lowest BCUT2D eigenvalue weighted by Gasteiger charge is -2.38. The van der Waals surface area contributed by atoms with E-state index in [1.54, 1.807) is 30.8 Å². The number of hydrogen-bond donors (Lipinski definition) is 1. The SMILES string of the molecule is Cc1ccc(NC2=NCC3(CCCCC3)CS2)cc1F. The lowest BCUT2D eigenvalue weighted by molar-refractivity contribution is 0.232. The van der Waals surface area contributed by atoms with Crippen molar-refractivity contribution in [2.75, 3.05) is 17.6 Å². The van der Waals surface area contributed by atoms with Crippen LogP contribution in [0.25, 0.3) is 0 Å². The molecule has 1 aliphatic heterocycles. The highest BCUT2D eigenvalue weighted by Crippen LogP contribution is 2.41. The molecule has 0 saturated heterocycles. The topological polar surface area (TPSA) is 24.4 Å². The summed E-state index contributed by atoms with van der Waals surface area (Å²) in [4.78, 5) is 4.70. The van der Waals surface area contributed by atoms with Gasteiger partial charge in [0.15, 0.2) is 5.17 Å². The average Bonchev–Trinajstić information content (AvgIpc) is 2.47. The number of hydrogen-bond acceptors (Lipinski definition) is 3. The van der Waals surface area contributed by atoms with Crippen LogP contribution in [0.1, 0.15) is 37.7 Å². The Hall–Kier alpha value is -1.03. The minimum Gasteiger partial charge on any atom is -0.335 e. The Balaban J connectivity index is 1.65. The van der Waals surface area contributed by atoms with Gasteiger partial charge in [0.2, 0.25) is 0 Å². The van der Waals surface area contributed by atoms with Crippen LogP contribution in [-0.2, 0) is 0 Å². The Kier molecular flexibility index (Phi) is 4.01. The first kappa shape index (κ1) is 13.9. The molecule has 1 aromatic rings. The molecule has 1 aliphatic carbocycles. The summed E-state index contributed by atoms with van der Waals surface area (Å²) in [5.74, 6) is 0.979. The number of thioether (sulfide) groups is 1. The Bertz CT molecular complexity index is 521. The fraction of sp³-hybridized carbons (Fsp3) is 0.562. The predicted octanol–water partition coefficient (Wildman–Crippen LogP) is 4.60. The Morgan fingerprint density at radius 1 is 1.25 bits per heavy atom. The van der Waals surface area contributed by atoms with Crippen LogP contribution in [0.3, 0.4) is 0 Å². The number of rotatable bonds is 1. The third-order valence-electron chi connectivity index (χ3n) is 4.41. The number of aliphatic imine (C=N–C) groups is 1. The van der Waals surface area contributed by atoms with Crippen molar-refractivity contribution in [3.8, 4) is 0 Å². The first-order valence-electron chi connectivity index (χ1n) is 7.37. The van der Waals surface area contributed by atoms with Gasteiger partial charge in [0.1, 0.15) is 5.82 Å². The molecule has 0 bridgehead atoms. The highest BCUT2D eigenvalue weighted by atomic mass is 32.2. The van der Waals surface area contributed by atoms with Crippen molar-refractivity contribution in [1.29, 1.82) is 0 Å². The van der Waals surface area contributed by atoms with E-state index < -0.39 is 0 Å². The molecule has 0 amide bonds. The molecule has 1 heterocycles. The van der Waals surface area contributed by atoms with Crippen LogP contribution in [0.5, 0.6) is 0 Å². The summed E-state index contributed by atoms with van der Waals surface area (Å²) in [6.45, 7) is 2.70. The number of aryl methyl sites for hydroxylation is 1. The molecule has 108 valence electrons. The molecule has 4 heteroatoms. The van der Waals surface area contributed by atoms with Gasteiger partial charge in [-0.3, -0.25) is 4.99 Å². The van der Waals surface area contributed by atoms with E-state index in [9.17, 15) is 4.39 Å². The summed E-state index contributed by atoms with van der Waals surface area (Å²) in [5, 5.41) is 4.18. The minimum absolute atomic E-state index is 0.167. The Morgan fingerprint density at radius 3 is 2.70 bits per heavy atom. The quantitative estimate of drug-likeness (QED) is 0.818. The van der Waals surface area contributed by atoms with E-state index in [1.165, 1.54) is 32.1 Å². The molecule has 1 aromatic carbocycles. The molecule has 2 aliphatic rings. The van der Waals surface area contributed by atoms with Crippen LogP contribution in [0.2, 0.25) is 0 Å². The average molecular weight is 292 g/mol. The highest BCUT2D eigenvalue weighted by molar-refractivity contribution is 8.14. The second-order valence-corrected chi connectivity index (χ2v) is 7.02. The van der Waals surface area contributed by atoms with Crippen molar-refractivity contribution in [2.24, 2.45) is 10.4 Å². The molecular weight excluding hydrogens is 271 g/mol. The van der Waals surface area contributed by atoms with Crippen molar-refractivity contribution in [2.45, 2.75) is 39.0 Å². The molecule has 1 spiro atoms. The maximum absolute atomic E-state index is 13.5. The monoisotopic (exact) mass is 292 g/mol. The molecule has 2 nitrogen and oxygen atoms in total. The zero-order valence-corrected chi connectivity index (χ0v) is 12.7. The summed E-state index contributed by atoms with van der Waals surface area (Å²) in [6.07, 6.45) is 6.71. The van der Waals surface area contributed by atoms with Gasteiger partial charge in [-0.1, -0.05) is 37.1 Å². The minimum atomic E-state index is -0.167. The van der Waals surface area contributed by atoms with Gasteiger partial charge in [-0.25, -0.2) is 4.39 Å². The van der Waals surface area contributed by atoms with Crippen molar-refractivity contribution in [3.63, 3.8) is 0 Å². The predicted molar refractivity (Wildman–Crippen MR) is 85.0 cm³/mol. The maximum atomic E-state index is 13.5. The number of amidine groups is 1. The molecule has 0 atom stereocenters. The molecule has 3 rings (SSSR count). The molecular formula is C16H21FN2S. The van der Waals surface area contributed by atoms with Crippen molar-refractivity contribution < 1.29 is 4.39 Å². The van der Waals surface area contributed by atoms with Gasteiger partial charge >= 0.3 is 0 Å². The molecule has 1 N–H and O–H groups in total. The summed E-state index contributed by atoms with van der Waals surface area (Å²) in [5.41, 5.74) is 1.90. The van der Waals surface area contributed by atoms with Gasteiger partial charge in [0.05, 0.1) is 0 Å². The van der Waals surface area contributed by atoms with E-state index in [0.29, 0.717) is 11.0 Å². The third kappa shape index (κ3) is 3.00. The highest BCUT2D eigenvalue weighted by Gasteiger charge is 2.34. The smallest absolute Gasteiger partial charge is 0.161 e. The van der Waals surface area contributed by atoms with Crippen LogP contribution in [0.4, 0.5) is 10.1 Å². The van der Waals surface area contributed by atoms with Crippen LogP contribution in [0.15, 0.2) is 23.2 Å². The molecule has 1 saturated carbocycles. The van der Waals surface area contributed by atoms with Gasteiger partial charge in [-0.05, 0) is 42.9 Å². The molecule has 1 fully saturated rings. The maximum Gasteiger partial charge on any atom is 0.161 e. The van der Waals surface area contributed by atoms with Crippen molar-refractivity contribution in [3.05, 3.63) is 29.6 Å².